The van der Waals surface area contributed by atoms with Crippen LogP contribution in [0.2, 0.25) is 0 Å². The SMILES string of the molecule is CCCCN(C)C(=NC)NCc1cccnc1OCC. The fourth-order valence-corrected chi connectivity index (χ4v) is 1.89. The lowest BCUT2D eigenvalue weighted by Gasteiger charge is -2.22. The second-order valence-corrected chi connectivity index (χ2v) is 4.58. The number of pyridine rings is 1. The Labute approximate surface area is 122 Å². The van der Waals surface area contributed by atoms with E-state index >= 15 is 0 Å². The van der Waals surface area contributed by atoms with Crippen molar-refractivity contribution >= 4 is 5.96 Å². The maximum absolute atomic E-state index is 5.52. The van der Waals surface area contributed by atoms with Gasteiger partial charge in [0.1, 0.15) is 0 Å². The molecule has 0 aliphatic carbocycles. The zero-order chi connectivity index (χ0) is 14.8. The van der Waals surface area contributed by atoms with Gasteiger partial charge in [0.15, 0.2) is 5.96 Å². The van der Waals surface area contributed by atoms with Gasteiger partial charge in [-0.1, -0.05) is 19.4 Å². The van der Waals surface area contributed by atoms with E-state index in [4.69, 9.17) is 4.74 Å². The molecule has 0 bridgehead atoms. The zero-order valence-electron chi connectivity index (χ0n) is 13.0. The molecule has 1 aromatic heterocycles. The molecule has 20 heavy (non-hydrogen) atoms. The molecule has 0 radical (unpaired) electrons. The second-order valence-electron chi connectivity index (χ2n) is 4.58. The van der Waals surface area contributed by atoms with Gasteiger partial charge in [0.2, 0.25) is 5.88 Å². The number of nitrogens with one attached hydrogen (secondary N) is 1. The summed E-state index contributed by atoms with van der Waals surface area (Å²) in [6.45, 7) is 6.43. The third-order valence-corrected chi connectivity index (χ3v) is 2.99. The van der Waals surface area contributed by atoms with Crippen LogP contribution in [-0.2, 0) is 6.54 Å². The molecule has 0 unspecified atom stereocenters. The summed E-state index contributed by atoms with van der Waals surface area (Å²) in [5, 5.41) is 3.35. The van der Waals surface area contributed by atoms with Gasteiger partial charge < -0.3 is 15.0 Å². The van der Waals surface area contributed by atoms with E-state index in [0.29, 0.717) is 19.0 Å². The first kappa shape index (κ1) is 16.3. The molecule has 0 saturated heterocycles. The largest absolute Gasteiger partial charge is 0.478 e. The van der Waals surface area contributed by atoms with Crippen LogP contribution in [0.3, 0.4) is 0 Å². The number of nitrogens with zero attached hydrogens (tertiary/aromatic N) is 3. The average Bonchev–Trinajstić information content (AvgIpc) is 2.47. The Morgan fingerprint density at radius 3 is 2.90 bits per heavy atom. The highest BCUT2D eigenvalue weighted by Gasteiger charge is 2.08. The molecule has 0 aromatic carbocycles. The Hall–Kier alpha value is -1.78. The normalized spacial score (nSPS) is 11.3. The number of hydrogen-bond donors (Lipinski definition) is 1. The number of guanidine groups is 1. The first-order valence-corrected chi connectivity index (χ1v) is 7.21. The molecule has 5 heteroatoms. The van der Waals surface area contributed by atoms with Crippen LogP contribution < -0.4 is 10.1 Å². The van der Waals surface area contributed by atoms with Crippen molar-refractivity contribution in [1.82, 2.24) is 15.2 Å². The predicted octanol–water partition coefficient (Wildman–Crippen LogP) is 2.29. The van der Waals surface area contributed by atoms with Crippen molar-refractivity contribution in [2.24, 2.45) is 4.99 Å². The molecule has 0 saturated carbocycles. The number of hydrogen-bond acceptors (Lipinski definition) is 3. The van der Waals surface area contributed by atoms with E-state index in [1.54, 1.807) is 13.2 Å². The van der Waals surface area contributed by atoms with Crippen LogP contribution in [0.15, 0.2) is 23.3 Å². The molecule has 1 rings (SSSR count). The molecule has 0 atom stereocenters. The summed E-state index contributed by atoms with van der Waals surface area (Å²) in [4.78, 5) is 10.7. The van der Waals surface area contributed by atoms with Gasteiger partial charge >= 0.3 is 0 Å². The smallest absolute Gasteiger partial charge is 0.218 e. The number of rotatable bonds is 7. The standard InChI is InChI=1S/C15H26N4O/c1-5-7-11-19(4)15(16-3)18-12-13-9-8-10-17-14(13)20-6-2/h8-10H,5-7,11-12H2,1-4H3,(H,16,18). The number of unbranched alkanes of at least 4 members (excludes halogenated alkanes) is 1. The van der Waals surface area contributed by atoms with E-state index in [9.17, 15) is 0 Å². The fourth-order valence-electron chi connectivity index (χ4n) is 1.89. The number of ether oxygens (including phenoxy) is 1. The monoisotopic (exact) mass is 278 g/mol. The van der Waals surface area contributed by atoms with Gasteiger partial charge in [-0.15, -0.1) is 0 Å². The van der Waals surface area contributed by atoms with Crippen LogP contribution in [0, 0.1) is 0 Å². The summed E-state index contributed by atoms with van der Waals surface area (Å²) in [6.07, 6.45) is 4.09. The summed E-state index contributed by atoms with van der Waals surface area (Å²) in [5.74, 6) is 1.58. The lowest BCUT2D eigenvalue weighted by Crippen LogP contribution is -2.39. The maximum atomic E-state index is 5.52. The van der Waals surface area contributed by atoms with Crippen molar-refractivity contribution in [3.63, 3.8) is 0 Å². The zero-order valence-corrected chi connectivity index (χ0v) is 13.0. The highest BCUT2D eigenvalue weighted by molar-refractivity contribution is 5.79. The minimum Gasteiger partial charge on any atom is -0.478 e. The Bertz CT molecular complexity index is 420. The van der Waals surface area contributed by atoms with Gasteiger partial charge in [-0.3, -0.25) is 4.99 Å². The molecule has 0 spiro atoms. The predicted molar refractivity (Wildman–Crippen MR) is 83.1 cm³/mol. The first-order chi connectivity index (χ1) is 9.72. The van der Waals surface area contributed by atoms with Gasteiger partial charge in [0.25, 0.3) is 0 Å². The van der Waals surface area contributed by atoms with E-state index in [2.05, 4.69) is 34.2 Å². The second kappa shape index (κ2) is 9.18. The van der Waals surface area contributed by atoms with E-state index in [0.717, 1.165) is 24.5 Å². The van der Waals surface area contributed by atoms with E-state index < -0.39 is 0 Å². The van der Waals surface area contributed by atoms with Crippen LogP contribution in [0.4, 0.5) is 0 Å². The van der Waals surface area contributed by atoms with Gasteiger partial charge in [-0.25, -0.2) is 4.98 Å². The van der Waals surface area contributed by atoms with Gasteiger partial charge in [0.05, 0.1) is 6.61 Å². The maximum Gasteiger partial charge on any atom is 0.218 e. The quantitative estimate of drug-likeness (QED) is 0.614. The van der Waals surface area contributed by atoms with E-state index in [1.807, 2.05) is 19.1 Å². The number of aliphatic imine (C=N–C) groups is 1. The molecule has 0 fully saturated rings. The van der Waals surface area contributed by atoms with Crippen LogP contribution in [0.5, 0.6) is 5.88 Å². The third-order valence-electron chi connectivity index (χ3n) is 2.99. The van der Waals surface area contributed by atoms with Gasteiger partial charge in [-0.2, -0.15) is 0 Å². The Balaban J connectivity index is 2.60. The fraction of sp³-hybridized carbons (Fsp3) is 0.600. The summed E-state index contributed by atoms with van der Waals surface area (Å²) in [6, 6.07) is 3.94. The molecule has 1 N–H and O–H groups in total. The van der Waals surface area contributed by atoms with Crippen molar-refractivity contribution in [2.45, 2.75) is 33.2 Å². The Morgan fingerprint density at radius 2 is 2.25 bits per heavy atom. The van der Waals surface area contributed by atoms with Crippen LogP contribution in [0.25, 0.3) is 0 Å². The van der Waals surface area contributed by atoms with Crippen molar-refractivity contribution < 1.29 is 4.74 Å². The van der Waals surface area contributed by atoms with Crippen molar-refractivity contribution in [1.29, 1.82) is 0 Å². The first-order valence-electron chi connectivity index (χ1n) is 7.21. The summed E-state index contributed by atoms with van der Waals surface area (Å²) < 4.78 is 5.52. The molecule has 1 heterocycles. The molecule has 0 aliphatic rings. The van der Waals surface area contributed by atoms with Crippen molar-refractivity contribution in [2.75, 3.05) is 27.2 Å². The highest BCUT2D eigenvalue weighted by Crippen LogP contribution is 2.13. The van der Waals surface area contributed by atoms with Crippen LogP contribution >= 0.6 is 0 Å². The van der Waals surface area contributed by atoms with E-state index in [1.165, 1.54) is 6.42 Å². The van der Waals surface area contributed by atoms with Crippen LogP contribution in [0.1, 0.15) is 32.3 Å². The van der Waals surface area contributed by atoms with E-state index in [-0.39, 0.29) is 0 Å². The molecular formula is C15H26N4O. The van der Waals surface area contributed by atoms with Gasteiger partial charge in [-0.05, 0) is 19.4 Å². The lowest BCUT2D eigenvalue weighted by molar-refractivity contribution is 0.322. The summed E-state index contributed by atoms with van der Waals surface area (Å²) in [7, 11) is 3.86. The molecule has 0 aliphatic heterocycles. The molecule has 1 aromatic rings. The minimum absolute atomic E-state index is 0.620. The van der Waals surface area contributed by atoms with Crippen LogP contribution in [-0.4, -0.2) is 43.1 Å². The summed E-state index contributed by atoms with van der Waals surface area (Å²) >= 11 is 0. The highest BCUT2D eigenvalue weighted by atomic mass is 16.5. The minimum atomic E-state index is 0.620. The number of aromatic nitrogens is 1. The molecule has 5 nitrogen and oxygen atoms in total. The average molecular weight is 278 g/mol. The van der Waals surface area contributed by atoms with Gasteiger partial charge in [0, 0.05) is 38.9 Å². The lowest BCUT2D eigenvalue weighted by atomic mass is 10.2. The van der Waals surface area contributed by atoms with Crippen molar-refractivity contribution in [3.8, 4) is 5.88 Å². The Morgan fingerprint density at radius 1 is 1.45 bits per heavy atom. The molecule has 112 valence electrons. The molecule has 0 amide bonds. The third kappa shape index (κ3) is 5.07. The Kier molecular flexibility index (Phi) is 7.47. The topological polar surface area (TPSA) is 49.8 Å². The molecular weight excluding hydrogens is 252 g/mol. The van der Waals surface area contributed by atoms with Crippen molar-refractivity contribution in [3.05, 3.63) is 23.9 Å². The summed E-state index contributed by atoms with van der Waals surface area (Å²) in [5.41, 5.74) is 1.04.